The number of nitro benzene ring substituents is 1. The molecule has 1 amide bonds. The number of hydrogen-bond acceptors (Lipinski definition) is 6. The number of anilines is 1. The number of hydrogen-bond donors (Lipinski definition) is 1. The van der Waals surface area contributed by atoms with Crippen molar-refractivity contribution in [2.75, 3.05) is 31.6 Å². The molecule has 1 aliphatic rings. The summed E-state index contributed by atoms with van der Waals surface area (Å²) in [5.74, 6) is -1.14. The lowest BCUT2D eigenvalue weighted by Gasteiger charge is -2.39. The number of methoxy groups -OCH3 is 1. The van der Waals surface area contributed by atoms with E-state index >= 15 is 0 Å². The molecule has 136 valence electrons. The van der Waals surface area contributed by atoms with Crippen molar-refractivity contribution >= 4 is 23.3 Å². The van der Waals surface area contributed by atoms with E-state index in [0.29, 0.717) is 5.69 Å². The molecule has 1 heterocycles. The van der Waals surface area contributed by atoms with E-state index in [9.17, 15) is 19.7 Å². The number of carbonyl (C=O) groups excluding carboxylic acids is 2. The van der Waals surface area contributed by atoms with E-state index in [4.69, 9.17) is 0 Å². The van der Waals surface area contributed by atoms with Gasteiger partial charge in [-0.15, -0.1) is 0 Å². The fourth-order valence-corrected chi connectivity index (χ4v) is 3.03. The zero-order valence-corrected chi connectivity index (χ0v) is 14.7. The van der Waals surface area contributed by atoms with Crippen LogP contribution in [0.1, 0.15) is 37.0 Å². The van der Waals surface area contributed by atoms with Gasteiger partial charge in [-0.1, -0.05) is 13.8 Å². The molecule has 1 saturated heterocycles. The predicted molar refractivity (Wildman–Crippen MR) is 92.7 cm³/mol. The Hall–Kier alpha value is -2.64. The van der Waals surface area contributed by atoms with Crippen molar-refractivity contribution in [3.8, 4) is 0 Å². The summed E-state index contributed by atoms with van der Waals surface area (Å²) in [6, 6.07) is 4.40. The number of piperidine rings is 1. The highest BCUT2D eigenvalue weighted by atomic mass is 16.6. The van der Waals surface area contributed by atoms with E-state index in [-0.39, 0.29) is 23.2 Å². The van der Waals surface area contributed by atoms with Gasteiger partial charge in [0.25, 0.3) is 11.6 Å². The minimum atomic E-state index is -0.588. The van der Waals surface area contributed by atoms with Crippen molar-refractivity contribution < 1.29 is 19.2 Å². The quantitative estimate of drug-likeness (QED) is 0.496. The molecule has 8 heteroatoms. The maximum Gasteiger partial charge on any atom is 0.325 e. The Bertz CT molecular complexity index is 687. The van der Waals surface area contributed by atoms with Gasteiger partial charge in [-0.3, -0.25) is 19.7 Å². The lowest BCUT2D eigenvalue weighted by molar-refractivity contribution is -0.384. The molecule has 1 aromatic carbocycles. The minimum absolute atomic E-state index is 0.0860. The van der Waals surface area contributed by atoms with Crippen LogP contribution in [0.3, 0.4) is 0 Å². The van der Waals surface area contributed by atoms with Crippen LogP contribution in [-0.4, -0.2) is 43.5 Å². The average molecular weight is 349 g/mol. The second-order valence-electron chi connectivity index (χ2n) is 6.91. The van der Waals surface area contributed by atoms with E-state index in [1.807, 2.05) is 4.90 Å². The first kappa shape index (κ1) is 18.7. The van der Waals surface area contributed by atoms with Gasteiger partial charge in [0.1, 0.15) is 12.2 Å². The molecule has 0 aromatic heterocycles. The smallest absolute Gasteiger partial charge is 0.325 e. The molecule has 2 rings (SSSR count). The summed E-state index contributed by atoms with van der Waals surface area (Å²) in [6.07, 6.45) is 2.04. The lowest BCUT2D eigenvalue weighted by atomic mass is 9.84. The van der Waals surface area contributed by atoms with Crippen LogP contribution < -0.4 is 10.2 Å². The van der Waals surface area contributed by atoms with Crippen molar-refractivity contribution in [1.82, 2.24) is 5.32 Å². The van der Waals surface area contributed by atoms with E-state index in [1.165, 1.54) is 19.2 Å². The van der Waals surface area contributed by atoms with E-state index in [1.54, 1.807) is 6.07 Å². The van der Waals surface area contributed by atoms with E-state index in [2.05, 4.69) is 23.9 Å². The maximum absolute atomic E-state index is 12.1. The summed E-state index contributed by atoms with van der Waals surface area (Å²) in [5, 5.41) is 13.9. The van der Waals surface area contributed by atoms with Crippen LogP contribution in [0.5, 0.6) is 0 Å². The number of nitrogens with zero attached hydrogens (tertiary/aromatic N) is 2. The molecule has 0 bridgehead atoms. The number of nitro groups is 1. The summed E-state index contributed by atoms with van der Waals surface area (Å²) >= 11 is 0. The molecular formula is C17H23N3O5. The van der Waals surface area contributed by atoms with Gasteiger partial charge in [0.15, 0.2) is 0 Å². The topological polar surface area (TPSA) is 102 Å². The van der Waals surface area contributed by atoms with Crippen LogP contribution in [0.4, 0.5) is 11.4 Å². The van der Waals surface area contributed by atoms with Gasteiger partial charge < -0.3 is 15.0 Å². The van der Waals surface area contributed by atoms with Gasteiger partial charge in [-0.25, -0.2) is 0 Å². The number of ether oxygens (including phenoxy) is 1. The predicted octanol–water partition coefficient (Wildman–Crippen LogP) is 2.12. The monoisotopic (exact) mass is 349 g/mol. The van der Waals surface area contributed by atoms with Crippen molar-refractivity contribution in [3.05, 3.63) is 33.9 Å². The lowest BCUT2D eigenvalue weighted by Crippen LogP contribution is -2.40. The van der Waals surface area contributed by atoms with Crippen molar-refractivity contribution in [1.29, 1.82) is 0 Å². The first-order valence-corrected chi connectivity index (χ1v) is 8.12. The minimum Gasteiger partial charge on any atom is -0.468 e. The Morgan fingerprint density at radius 1 is 1.40 bits per heavy atom. The van der Waals surface area contributed by atoms with Gasteiger partial charge >= 0.3 is 5.97 Å². The summed E-state index contributed by atoms with van der Waals surface area (Å²) in [4.78, 5) is 36.2. The molecule has 1 N–H and O–H groups in total. The number of rotatable bonds is 5. The van der Waals surface area contributed by atoms with Gasteiger partial charge in [0, 0.05) is 24.7 Å². The molecular weight excluding hydrogens is 326 g/mol. The fraction of sp³-hybridized carbons (Fsp3) is 0.529. The number of benzene rings is 1. The molecule has 0 saturated carbocycles. The third-order valence-electron chi connectivity index (χ3n) is 4.30. The van der Waals surface area contributed by atoms with Gasteiger partial charge in [0.2, 0.25) is 0 Å². The highest BCUT2D eigenvalue weighted by Crippen LogP contribution is 2.36. The molecule has 1 fully saturated rings. The molecule has 1 aliphatic heterocycles. The summed E-state index contributed by atoms with van der Waals surface area (Å²) in [5.41, 5.74) is 0.629. The Kier molecular flexibility index (Phi) is 5.61. The van der Waals surface area contributed by atoms with E-state index in [0.717, 1.165) is 25.9 Å². The van der Waals surface area contributed by atoms with Gasteiger partial charge in [0.05, 0.1) is 12.0 Å². The first-order valence-electron chi connectivity index (χ1n) is 8.12. The first-order chi connectivity index (χ1) is 11.7. The van der Waals surface area contributed by atoms with Crippen molar-refractivity contribution in [2.45, 2.75) is 26.7 Å². The molecule has 0 atom stereocenters. The summed E-state index contributed by atoms with van der Waals surface area (Å²) < 4.78 is 4.45. The third kappa shape index (κ3) is 4.68. The van der Waals surface area contributed by atoms with Gasteiger partial charge in [-0.05, 0) is 30.4 Å². The number of amides is 1. The summed E-state index contributed by atoms with van der Waals surface area (Å²) in [7, 11) is 1.22. The van der Waals surface area contributed by atoms with Crippen LogP contribution in [-0.2, 0) is 9.53 Å². The largest absolute Gasteiger partial charge is 0.468 e. The van der Waals surface area contributed by atoms with E-state index < -0.39 is 16.8 Å². The standard InChI is InChI=1S/C17H23N3O5/c1-17(2)7-4-8-19(11-17)13-6-5-12(9-14(13)20(23)24)16(22)18-10-15(21)25-3/h5-6,9H,4,7-8,10-11H2,1-3H3,(H,18,22). The van der Waals surface area contributed by atoms with Crippen LogP contribution in [0.15, 0.2) is 18.2 Å². The Balaban J connectivity index is 2.24. The second kappa shape index (κ2) is 7.50. The van der Waals surface area contributed by atoms with Crippen LogP contribution >= 0.6 is 0 Å². The molecule has 0 unspecified atom stereocenters. The zero-order valence-electron chi connectivity index (χ0n) is 14.7. The summed E-state index contributed by atoms with van der Waals surface area (Å²) in [6.45, 7) is 5.46. The molecule has 0 aliphatic carbocycles. The van der Waals surface area contributed by atoms with Crippen LogP contribution in [0, 0.1) is 15.5 Å². The third-order valence-corrected chi connectivity index (χ3v) is 4.30. The average Bonchev–Trinajstić information content (AvgIpc) is 2.57. The SMILES string of the molecule is COC(=O)CNC(=O)c1ccc(N2CCCC(C)(C)C2)c([N+](=O)[O-])c1. The number of carbonyl (C=O) groups is 2. The highest BCUT2D eigenvalue weighted by molar-refractivity contribution is 5.97. The fourth-order valence-electron chi connectivity index (χ4n) is 3.03. The Labute approximate surface area is 146 Å². The van der Waals surface area contributed by atoms with Gasteiger partial charge in [-0.2, -0.15) is 0 Å². The normalized spacial score (nSPS) is 16.2. The molecule has 25 heavy (non-hydrogen) atoms. The molecule has 0 radical (unpaired) electrons. The number of nitrogens with one attached hydrogen (secondary N) is 1. The zero-order chi connectivity index (χ0) is 18.6. The van der Waals surface area contributed by atoms with Crippen LogP contribution in [0.2, 0.25) is 0 Å². The van der Waals surface area contributed by atoms with Crippen molar-refractivity contribution in [3.63, 3.8) is 0 Å². The van der Waals surface area contributed by atoms with Crippen LogP contribution in [0.25, 0.3) is 0 Å². The number of esters is 1. The Morgan fingerprint density at radius 3 is 2.72 bits per heavy atom. The Morgan fingerprint density at radius 2 is 2.12 bits per heavy atom. The second-order valence-corrected chi connectivity index (χ2v) is 6.91. The molecule has 0 spiro atoms. The highest BCUT2D eigenvalue weighted by Gasteiger charge is 2.30. The molecule has 8 nitrogen and oxygen atoms in total. The van der Waals surface area contributed by atoms with Crippen molar-refractivity contribution in [2.24, 2.45) is 5.41 Å². The maximum atomic E-state index is 12.1. The molecule has 1 aromatic rings.